The summed E-state index contributed by atoms with van der Waals surface area (Å²) in [5.41, 5.74) is 0.830. The van der Waals surface area contributed by atoms with Crippen LogP contribution >= 0.6 is 0 Å². The van der Waals surface area contributed by atoms with Crippen LogP contribution in [0.4, 0.5) is 0 Å². The summed E-state index contributed by atoms with van der Waals surface area (Å²) in [6.07, 6.45) is 4.19. The van der Waals surface area contributed by atoms with Gasteiger partial charge in [0, 0.05) is 18.7 Å². The van der Waals surface area contributed by atoms with E-state index < -0.39 is 10.0 Å². The van der Waals surface area contributed by atoms with Crippen molar-refractivity contribution in [2.75, 3.05) is 25.4 Å². The minimum atomic E-state index is -3.31. The molecule has 9 heteroatoms. The van der Waals surface area contributed by atoms with Crippen LogP contribution in [-0.4, -0.2) is 59.1 Å². The van der Waals surface area contributed by atoms with Crippen molar-refractivity contribution in [1.82, 2.24) is 19.3 Å². The Balaban J connectivity index is 1.55. The highest BCUT2D eigenvalue weighted by Gasteiger charge is 2.35. The molecule has 0 bridgehead atoms. The Kier molecular flexibility index (Phi) is 5.45. The van der Waals surface area contributed by atoms with Gasteiger partial charge in [-0.1, -0.05) is 36.2 Å². The molecule has 2 saturated heterocycles. The van der Waals surface area contributed by atoms with Crippen LogP contribution in [0.25, 0.3) is 11.5 Å². The first-order valence-corrected chi connectivity index (χ1v) is 11.3. The summed E-state index contributed by atoms with van der Waals surface area (Å²) in [7, 11) is -3.31. The SMILES string of the molecule is O=C(CN1CCCS1(=O)=O)N1CCCCCC1c1noc(-c2ccccc2)n1. The molecule has 2 aromatic rings. The maximum absolute atomic E-state index is 13.0. The number of aromatic nitrogens is 2. The lowest BCUT2D eigenvalue weighted by molar-refractivity contribution is -0.134. The quantitative estimate of drug-likeness (QED) is 0.775. The lowest BCUT2D eigenvalue weighted by Gasteiger charge is -2.29. The van der Waals surface area contributed by atoms with Gasteiger partial charge in [0.2, 0.25) is 15.9 Å². The fourth-order valence-corrected chi connectivity index (χ4v) is 5.32. The normalized spacial score (nSPS) is 22.9. The van der Waals surface area contributed by atoms with Crippen LogP contribution in [0.1, 0.15) is 44.0 Å². The summed E-state index contributed by atoms with van der Waals surface area (Å²) in [6, 6.07) is 9.21. The minimum Gasteiger partial charge on any atom is -0.334 e. The van der Waals surface area contributed by atoms with Gasteiger partial charge in [-0.2, -0.15) is 9.29 Å². The molecule has 0 spiro atoms. The topological polar surface area (TPSA) is 96.6 Å². The monoisotopic (exact) mass is 404 g/mol. The van der Waals surface area contributed by atoms with E-state index in [0.717, 1.165) is 31.2 Å². The lowest BCUT2D eigenvalue weighted by atomic mass is 10.1. The predicted molar refractivity (Wildman–Crippen MR) is 103 cm³/mol. The van der Waals surface area contributed by atoms with E-state index >= 15 is 0 Å². The molecule has 2 aliphatic rings. The number of amides is 1. The van der Waals surface area contributed by atoms with Crippen LogP contribution in [0.15, 0.2) is 34.9 Å². The first-order valence-electron chi connectivity index (χ1n) is 9.71. The van der Waals surface area contributed by atoms with Crippen LogP contribution in [-0.2, 0) is 14.8 Å². The molecule has 2 fully saturated rings. The maximum Gasteiger partial charge on any atom is 0.257 e. The Morgan fingerprint density at radius 3 is 2.68 bits per heavy atom. The molecule has 0 aliphatic carbocycles. The molecule has 1 aromatic heterocycles. The van der Waals surface area contributed by atoms with E-state index in [1.165, 1.54) is 4.31 Å². The van der Waals surface area contributed by atoms with Crippen LogP contribution in [0, 0.1) is 0 Å². The molecule has 3 heterocycles. The molecule has 1 aromatic carbocycles. The molecule has 8 nitrogen and oxygen atoms in total. The summed E-state index contributed by atoms with van der Waals surface area (Å²) in [5, 5.41) is 4.14. The smallest absolute Gasteiger partial charge is 0.257 e. The molecule has 1 unspecified atom stereocenters. The summed E-state index contributed by atoms with van der Waals surface area (Å²) >= 11 is 0. The average Bonchev–Trinajstić information content (AvgIpc) is 3.21. The van der Waals surface area contributed by atoms with E-state index in [9.17, 15) is 13.2 Å². The Bertz CT molecular complexity index is 928. The fraction of sp³-hybridized carbons (Fsp3) is 0.526. The summed E-state index contributed by atoms with van der Waals surface area (Å²) < 4.78 is 30.9. The standard InChI is InChI=1S/C19H24N4O4S/c24-17(14-22-11-7-13-28(22,25)26)23-12-6-2-5-10-16(23)18-20-19(27-21-18)15-8-3-1-4-9-15/h1,3-4,8-9,16H,2,5-7,10-14H2. The zero-order chi connectivity index (χ0) is 19.6. The van der Waals surface area contributed by atoms with Crippen LogP contribution in [0.5, 0.6) is 0 Å². The highest BCUT2D eigenvalue weighted by atomic mass is 32.2. The van der Waals surface area contributed by atoms with Gasteiger partial charge in [-0.15, -0.1) is 0 Å². The third kappa shape index (κ3) is 3.95. The number of sulfonamides is 1. The van der Waals surface area contributed by atoms with Crippen molar-refractivity contribution in [3.05, 3.63) is 36.2 Å². The number of hydrogen-bond acceptors (Lipinski definition) is 6. The van der Waals surface area contributed by atoms with Gasteiger partial charge in [0.25, 0.3) is 5.89 Å². The van der Waals surface area contributed by atoms with Gasteiger partial charge < -0.3 is 9.42 Å². The third-order valence-corrected chi connectivity index (χ3v) is 7.25. The van der Waals surface area contributed by atoms with Crippen LogP contribution < -0.4 is 0 Å². The van der Waals surface area contributed by atoms with Gasteiger partial charge in [0.05, 0.1) is 18.3 Å². The molecule has 1 atom stereocenters. The molecule has 0 radical (unpaired) electrons. The summed E-state index contributed by atoms with van der Waals surface area (Å²) in [6.45, 7) is 0.877. The summed E-state index contributed by atoms with van der Waals surface area (Å²) in [4.78, 5) is 19.3. The molecule has 4 rings (SSSR count). The number of hydrogen-bond donors (Lipinski definition) is 0. The molecule has 1 amide bonds. The highest BCUT2D eigenvalue weighted by Crippen LogP contribution is 2.30. The van der Waals surface area contributed by atoms with Crippen molar-refractivity contribution in [3.8, 4) is 11.5 Å². The molecule has 28 heavy (non-hydrogen) atoms. The number of carbonyl (C=O) groups is 1. The maximum atomic E-state index is 13.0. The zero-order valence-corrected chi connectivity index (χ0v) is 16.5. The van der Waals surface area contributed by atoms with Crippen LogP contribution in [0.2, 0.25) is 0 Å². The second-order valence-electron chi connectivity index (χ2n) is 7.28. The molecular weight excluding hydrogens is 380 g/mol. The zero-order valence-electron chi connectivity index (χ0n) is 15.7. The highest BCUT2D eigenvalue weighted by molar-refractivity contribution is 7.89. The molecule has 0 saturated carbocycles. The fourth-order valence-electron chi connectivity index (χ4n) is 3.85. The molecule has 2 aliphatic heterocycles. The third-order valence-electron chi connectivity index (χ3n) is 5.35. The van der Waals surface area contributed by atoms with Gasteiger partial charge in [-0.3, -0.25) is 4.79 Å². The van der Waals surface area contributed by atoms with Crippen molar-refractivity contribution in [2.45, 2.75) is 38.1 Å². The Morgan fingerprint density at radius 1 is 1.11 bits per heavy atom. The molecular formula is C19H24N4O4S. The van der Waals surface area contributed by atoms with Crippen molar-refractivity contribution in [3.63, 3.8) is 0 Å². The van der Waals surface area contributed by atoms with Gasteiger partial charge in [0.1, 0.15) is 0 Å². The second kappa shape index (κ2) is 8.00. The number of rotatable bonds is 4. The van der Waals surface area contributed by atoms with Crippen LogP contribution in [0.3, 0.4) is 0 Å². The van der Waals surface area contributed by atoms with E-state index in [4.69, 9.17) is 4.52 Å². The molecule has 150 valence electrons. The number of nitrogens with zero attached hydrogens (tertiary/aromatic N) is 4. The average molecular weight is 404 g/mol. The Hall–Kier alpha value is -2.26. The first kappa shape index (κ1) is 19.1. The van der Waals surface area contributed by atoms with Crippen molar-refractivity contribution in [2.24, 2.45) is 0 Å². The van der Waals surface area contributed by atoms with Gasteiger partial charge in [-0.25, -0.2) is 8.42 Å². The number of benzene rings is 1. The van der Waals surface area contributed by atoms with Crippen molar-refractivity contribution in [1.29, 1.82) is 0 Å². The Labute approximate surface area is 164 Å². The number of carbonyl (C=O) groups excluding carboxylic acids is 1. The van der Waals surface area contributed by atoms with E-state index in [0.29, 0.717) is 31.2 Å². The first-order chi connectivity index (χ1) is 13.5. The lowest BCUT2D eigenvalue weighted by Crippen LogP contribution is -2.43. The van der Waals surface area contributed by atoms with Crippen molar-refractivity contribution < 1.29 is 17.7 Å². The van der Waals surface area contributed by atoms with Crippen molar-refractivity contribution >= 4 is 15.9 Å². The number of likely N-dealkylation sites (tertiary alicyclic amines) is 1. The van der Waals surface area contributed by atoms with E-state index in [1.54, 1.807) is 4.90 Å². The second-order valence-corrected chi connectivity index (χ2v) is 9.37. The van der Waals surface area contributed by atoms with Gasteiger partial charge >= 0.3 is 0 Å². The van der Waals surface area contributed by atoms with E-state index in [2.05, 4.69) is 10.1 Å². The minimum absolute atomic E-state index is 0.109. The largest absolute Gasteiger partial charge is 0.334 e. The van der Waals surface area contributed by atoms with E-state index in [-0.39, 0.29) is 24.2 Å². The predicted octanol–water partition coefficient (Wildman–Crippen LogP) is 2.22. The Morgan fingerprint density at radius 2 is 1.93 bits per heavy atom. The van der Waals surface area contributed by atoms with Gasteiger partial charge in [-0.05, 0) is 31.4 Å². The molecule has 0 N–H and O–H groups in total. The van der Waals surface area contributed by atoms with Gasteiger partial charge in [0.15, 0.2) is 5.82 Å². The van der Waals surface area contributed by atoms with E-state index in [1.807, 2.05) is 30.3 Å². The summed E-state index contributed by atoms with van der Waals surface area (Å²) in [5.74, 6) is 0.839.